The molecule has 4 heterocycles. The van der Waals surface area contributed by atoms with Crippen LogP contribution in [-0.2, 0) is 7.05 Å². The molecule has 0 aliphatic carbocycles. The van der Waals surface area contributed by atoms with E-state index >= 15 is 0 Å². The molecule has 4 rings (SSSR count). The second kappa shape index (κ2) is 6.68. The van der Waals surface area contributed by atoms with Gasteiger partial charge >= 0.3 is 0 Å². The Labute approximate surface area is 155 Å². The number of thiophene rings is 1. The predicted octanol–water partition coefficient (Wildman–Crippen LogP) is 2.48. The van der Waals surface area contributed by atoms with Crippen LogP contribution in [0.1, 0.15) is 24.2 Å². The highest BCUT2D eigenvalue weighted by molar-refractivity contribution is 7.17. The maximum atomic E-state index is 12.4. The number of nitrogens with one attached hydrogen (secondary N) is 1. The van der Waals surface area contributed by atoms with Gasteiger partial charge in [-0.05, 0) is 37.6 Å². The molecule has 0 radical (unpaired) electrons. The van der Waals surface area contributed by atoms with Crippen LogP contribution in [0.25, 0.3) is 10.2 Å². The van der Waals surface area contributed by atoms with Crippen LogP contribution in [0.5, 0.6) is 0 Å². The average Bonchev–Trinajstić information content (AvgIpc) is 2.98. The van der Waals surface area contributed by atoms with Crippen molar-refractivity contribution in [3.63, 3.8) is 0 Å². The van der Waals surface area contributed by atoms with Crippen molar-refractivity contribution in [1.29, 1.82) is 0 Å². The maximum Gasteiger partial charge on any atom is 0.293 e. The molecule has 1 saturated heterocycles. The average molecular weight is 370 g/mol. The minimum atomic E-state index is -0.0536. The number of hydrogen-bond acceptors (Lipinski definition) is 7. The summed E-state index contributed by atoms with van der Waals surface area (Å²) in [6, 6.07) is 0.215. The van der Waals surface area contributed by atoms with Crippen LogP contribution < -0.4 is 15.8 Å². The van der Waals surface area contributed by atoms with Crippen LogP contribution in [0.15, 0.2) is 22.6 Å². The Kier molecular flexibility index (Phi) is 4.36. The first-order valence-electron chi connectivity index (χ1n) is 8.78. The maximum absolute atomic E-state index is 12.4. The van der Waals surface area contributed by atoms with E-state index < -0.39 is 0 Å². The van der Waals surface area contributed by atoms with E-state index in [9.17, 15) is 4.79 Å². The fraction of sp³-hybridized carbons (Fsp3) is 0.444. The van der Waals surface area contributed by atoms with Gasteiger partial charge in [-0.25, -0.2) is 15.0 Å². The monoisotopic (exact) mass is 370 g/mol. The molecule has 0 spiro atoms. The van der Waals surface area contributed by atoms with Gasteiger partial charge in [0.1, 0.15) is 16.5 Å². The lowest BCUT2D eigenvalue weighted by Gasteiger charge is -2.34. The summed E-state index contributed by atoms with van der Waals surface area (Å²) in [6.45, 7) is 5.60. The van der Waals surface area contributed by atoms with E-state index in [1.54, 1.807) is 35.3 Å². The fourth-order valence-electron chi connectivity index (χ4n) is 3.48. The molecule has 0 saturated carbocycles. The zero-order valence-corrected chi connectivity index (χ0v) is 16.0. The highest BCUT2D eigenvalue weighted by Gasteiger charge is 2.24. The quantitative estimate of drug-likeness (QED) is 0.763. The molecule has 8 heteroatoms. The van der Waals surface area contributed by atoms with Crippen LogP contribution in [0, 0.1) is 13.8 Å². The summed E-state index contributed by atoms with van der Waals surface area (Å²) < 4.78 is 1.57. The summed E-state index contributed by atoms with van der Waals surface area (Å²) in [6.07, 6.45) is 5.41. The molecule has 7 nitrogen and oxygen atoms in total. The normalized spacial score (nSPS) is 17.7. The van der Waals surface area contributed by atoms with Gasteiger partial charge in [-0.1, -0.05) is 0 Å². The third-order valence-electron chi connectivity index (χ3n) is 4.79. The number of aromatic nitrogens is 4. The van der Waals surface area contributed by atoms with Gasteiger partial charge in [-0.2, -0.15) is 0 Å². The summed E-state index contributed by atoms with van der Waals surface area (Å²) in [7, 11) is 1.76. The molecule has 1 N–H and O–H groups in total. The van der Waals surface area contributed by atoms with E-state index in [-0.39, 0.29) is 11.6 Å². The van der Waals surface area contributed by atoms with Crippen molar-refractivity contribution >= 4 is 33.2 Å². The number of anilines is 2. The molecule has 0 aromatic carbocycles. The highest BCUT2D eigenvalue weighted by Crippen LogP contribution is 2.30. The van der Waals surface area contributed by atoms with Crippen molar-refractivity contribution in [2.45, 2.75) is 32.7 Å². The van der Waals surface area contributed by atoms with Gasteiger partial charge in [0.05, 0.1) is 5.39 Å². The SMILES string of the molecule is Cc1nc(N[C@H]2CCCN(c3nccn(C)c3=O)C2)c2c(C)csc2n1. The van der Waals surface area contributed by atoms with Gasteiger partial charge in [-0.15, -0.1) is 11.3 Å². The Balaban J connectivity index is 1.61. The molecular formula is C18H22N6OS. The van der Waals surface area contributed by atoms with Crippen molar-refractivity contribution in [2.24, 2.45) is 7.05 Å². The second-order valence-corrected chi connectivity index (χ2v) is 7.67. The van der Waals surface area contributed by atoms with E-state index in [4.69, 9.17) is 0 Å². The van der Waals surface area contributed by atoms with E-state index in [1.807, 2.05) is 6.92 Å². The molecule has 3 aromatic rings. The van der Waals surface area contributed by atoms with Gasteiger partial charge in [0.25, 0.3) is 5.56 Å². The van der Waals surface area contributed by atoms with E-state index in [2.05, 4.69) is 37.5 Å². The topological polar surface area (TPSA) is 75.9 Å². The molecule has 1 aliphatic heterocycles. The Morgan fingerprint density at radius 2 is 2.15 bits per heavy atom. The van der Waals surface area contributed by atoms with Gasteiger partial charge in [0, 0.05) is 38.6 Å². The van der Waals surface area contributed by atoms with Crippen molar-refractivity contribution in [1.82, 2.24) is 19.5 Å². The molecule has 1 atom stereocenters. The summed E-state index contributed by atoms with van der Waals surface area (Å²) in [4.78, 5) is 29.0. The molecule has 3 aromatic heterocycles. The van der Waals surface area contributed by atoms with Crippen molar-refractivity contribution in [3.05, 3.63) is 39.5 Å². The van der Waals surface area contributed by atoms with Gasteiger partial charge in [-0.3, -0.25) is 4.79 Å². The van der Waals surface area contributed by atoms with E-state index in [0.29, 0.717) is 5.82 Å². The van der Waals surface area contributed by atoms with E-state index in [1.165, 1.54) is 5.56 Å². The van der Waals surface area contributed by atoms with Crippen molar-refractivity contribution in [2.75, 3.05) is 23.3 Å². The lowest BCUT2D eigenvalue weighted by Crippen LogP contribution is -2.45. The Bertz CT molecular complexity index is 1010. The molecule has 0 amide bonds. The van der Waals surface area contributed by atoms with Crippen LogP contribution >= 0.6 is 11.3 Å². The first kappa shape index (κ1) is 17.0. The largest absolute Gasteiger partial charge is 0.365 e. The number of hydrogen-bond donors (Lipinski definition) is 1. The molecular weight excluding hydrogens is 348 g/mol. The van der Waals surface area contributed by atoms with Crippen molar-refractivity contribution in [3.8, 4) is 0 Å². The first-order valence-corrected chi connectivity index (χ1v) is 9.66. The Morgan fingerprint density at radius 3 is 3.00 bits per heavy atom. The minimum absolute atomic E-state index is 0.0536. The third kappa shape index (κ3) is 3.05. The third-order valence-corrected chi connectivity index (χ3v) is 5.78. The number of piperidine rings is 1. The van der Waals surface area contributed by atoms with Crippen LogP contribution in [0.3, 0.4) is 0 Å². The summed E-state index contributed by atoms with van der Waals surface area (Å²) in [5, 5.41) is 6.83. The first-order chi connectivity index (χ1) is 12.5. The van der Waals surface area contributed by atoms with Crippen LogP contribution in [0.4, 0.5) is 11.6 Å². The summed E-state index contributed by atoms with van der Waals surface area (Å²) in [5.41, 5.74) is 1.14. The molecule has 26 heavy (non-hydrogen) atoms. The van der Waals surface area contributed by atoms with Gasteiger partial charge < -0.3 is 14.8 Å². The number of aryl methyl sites for hydroxylation is 3. The number of fused-ring (bicyclic) bond motifs is 1. The van der Waals surface area contributed by atoms with Gasteiger partial charge in [0.15, 0.2) is 5.82 Å². The van der Waals surface area contributed by atoms with Gasteiger partial charge in [0.2, 0.25) is 0 Å². The Morgan fingerprint density at radius 1 is 1.31 bits per heavy atom. The zero-order valence-electron chi connectivity index (χ0n) is 15.2. The highest BCUT2D eigenvalue weighted by atomic mass is 32.1. The molecule has 136 valence electrons. The molecule has 0 bridgehead atoms. The Hall–Kier alpha value is -2.48. The lowest BCUT2D eigenvalue weighted by molar-refractivity contribution is 0.523. The smallest absolute Gasteiger partial charge is 0.293 e. The zero-order chi connectivity index (χ0) is 18.3. The van der Waals surface area contributed by atoms with Crippen LogP contribution in [-0.4, -0.2) is 38.7 Å². The summed E-state index contributed by atoms with van der Waals surface area (Å²) >= 11 is 1.65. The number of nitrogens with zero attached hydrogens (tertiary/aromatic N) is 5. The fourth-order valence-corrected chi connectivity index (χ4v) is 4.44. The molecule has 1 aliphatic rings. The summed E-state index contributed by atoms with van der Waals surface area (Å²) in [5.74, 6) is 2.19. The predicted molar refractivity (Wildman–Crippen MR) is 105 cm³/mol. The van der Waals surface area contributed by atoms with E-state index in [0.717, 1.165) is 47.8 Å². The molecule has 1 fully saturated rings. The van der Waals surface area contributed by atoms with Crippen LogP contribution in [0.2, 0.25) is 0 Å². The standard InChI is InChI=1S/C18H22N6OS/c1-11-10-26-17-14(11)15(20-12(2)21-17)22-13-5-4-7-24(9-13)16-18(25)23(3)8-6-19-16/h6,8,10,13H,4-5,7,9H2,1-3H3,(H,20,21,22)/t13-/m0/s1. The minimum Gasteiger partial charge on any atom is -0.365 e. The van der Waals surface area contributed by atoms with Crippen molar-refractivity contribution < 1.29 is 0 Å². The second-order valence-electron chi connectivity index (χ2n) is 6.81. The lowest BCUT2D eigenvalue weighted by atomic mass is 10.1. The molecule has 0 unspecified atom stereocenters. The number of rotatable bonds is 3.